The lowest BCUT2D eigenvalue weighted by atomic mass is 9.86. The Kier molecular flexibility index (Phi) is 4.49. The summed E-state index contributed by atoms with van der Waals surface area (Å²) in [4.78, 5) is 12.6. The Labute approximate surface area is 129 Å². The average Bonchev–Trinajstić information content (AvgIpc) is 2.75. The molecule has 0 saturated carbocycles. The number of Topliss-reactive ketones (excluding diaryl/α,β-unsaturated/α-hetero) is 1. The summed E-state index contributed by atoms with van der Waals surface area (Å²) in [6.07, 6.45) is 0.906. The summed E-state index contributed by atoms with van der Waals surface area (Å²) in [5.74, 6) is -0.0822. The molecule has 2 rings (SSSR count). The van der Waals surface area contributed by atoms with E-state index in [1.807, 2.05) is 37.3 Å². The van der Waals surface area contributed by atoms with Crippen LogP contribution in [0.1, 0.15) is 30.8 Å². The van der Waals surface area contributed by atoms with Gasteiger partial charge in [-0.25, -0.2) is 0 Å². The second-order valence-corrected chi connectivity index (χ2v) is 5.73. The third-order valence-corrected chi connectivity index (χ3v) is 4.22. The normalized spacial score (nSPS) is 14.0. The van der Waals surface area contributed by atoms with Crippen LogP contribution >= 0.6 is 11.6 Å². The van der Waals surface area contributed by atoms with Gasteiger partial charge in [0.1, 0.15) is 0 Å². The number of carbonyl (C=O) groups excluding carboxylic acids is 1. The predicted molar refractivity (Wildman–Crippen MR) is 84.3 cm³/mol. The van der Waals surface area contributed by atoms with Crippen LogP contribution in [0.5, 0.6) is 0 Å². The Morgan fingerprint density at radius 1 is 1.38 bits per heavy atom. The van der Waals surface area contributed by atoms with Gasteiger partial charge in [0.05, 0.1) is 28.4 Å². The Bertz CT molecular complexity index is 647. The highest BCUT2D eigenvalue weighted by Crippen LogP contribution is 2.25. The van der Waals surface area contributed by atoms with Gasteiger partial charge in [0.25, 0.3) is 0 Å². The molecule has 0 aliphatic carbocycles. The van der Waals surface area contributed by atoms with Crippen molar-refractivity contribution in [3.63, 3.8) is 0 Å². The molecule has 0 radical (unpaired) electrons. The number of benzene rings is 1. The van der Waals surface area contributed by atoms with Crippen LogP contribution in [-0.4, -0.2) is 15.6 Å². The highest BCUT2D eigenvalue weighted by Gasteiger charge is 2.31. The van der Waals surface area contributed by atoms with Crippen LogP contribution in [0.4, 0.5) is 0 Å². The van der Waals surface area contributed by atoms with Gasteiger partial charge in [0.15, 0.2) is 5.78 Å². The molecule has 1 aromatic heterocycles. The van der Waals surface area contributed by atoms with Crippen molar-refractivity contribution in [3.8, 4) is 0 Å². The molecule has 0 aliphatic heterocycles. The zero-order chi connectivity index (χ0) is 15.6. The average molecular weight is 306 g/mol. The van der Waals surface area contributed by atoms with Gasteiger partial charge in [0.2, 0.25) is 0 Å². The maximum Gasteiger partial charge on any atom is 0.162 e. The molecule has 1 heterocycles. The standard InChI is InChI=1S/C16H20ClN3O/c1-4-12-15(17)13(20(3)19-12)10-14(21)16(2,18)11-8-6-5-7-9-11/h5-9H,4,10,18H2,1-3H3. The molecule has 4 nitrogen and oxygen atoms in total. The van der Waals surface area contributed by atoms with Gasteiger partial charge in [-0.1, -0.05) is 48.9 Å². The largest absolute Gasteiger partial charge is 0.315 e. The second kappa shape index (κ2) is 6.00. The molecule has 0 spiro atoms. The first-order valence-electron chi connectivity index (χ1n) is 6.95. The lowest BCUT2D eigenvalue weighted by Gasteiger charge is -2.23. The van der Waals surface area contributed by atoms with Crippen molar-refractivity contribution < 1.29 is 4.79 Å². The quantitative estimate of drug-likeness (QED) is 0.923. The third kappa shape index (κ3) is 3.01. The van der Waals surface area contributed by atoms with E-state index in [9.17, 15) is 4.79 Å². The monoisotopic (exact) mass is 305 g/mol. The molecule has 0 saturated heterocycles. The van der Waals surface area contributed by atoms with E-state index in [1.54, 1.807) is 18.7 Å². The van der Waals surface area contributed by atoms with Crippen molar-refractivity contribution in [1.29, 1.82) is 0 Å². The van der Waals surface area contributed by atoms with Gasteiger partial charge in [-0.05, 0) is 18.9 Å². The van der Waals surface area contributed by atoms with Crippen LogP contribution < -0.4 is 5.73 Å². The number of carbonyl (C=O) groups is 1. The molecule has 0 aliphatic rings. The molecule has 1 unspecified atom stereocenters. The Hall–Kier alpha value is -1.65. The molecule has 5 heteroatoms. The van der Waals surface area contributed by atoms with E-state index >= 15 is 0 Å². The number of halogens is 1. The summed E-state index contributed by atoms with van der Waals surface area (Å²) >= 11 is 6.29. The number of rotatable bonds is 5. The van der Waals surface area contributed by atoms with Crippen molar-refractivity contribution in [2.45, 2.75) is 32.2 Å². The van der Waals surface area contributed by atoms with E-state index in [-0.39, 0.29) is 12.2 Å². The van der Waals surface area contributed by atoms with Gasteiger partial charge < -0.3 is 5.73 Å². The first-order valence-corrected chi connectivity index (χ1v) is 7.33. The van der Waals surface area contributed by atoms with E-state index < -0.39 is 5.54 Å². The molecule has 21 heavy (non-hydrogen) atoms. The molecule has 1 atom stereocenters. The summed E-state index contributed by atoms with van der Waals surface area (Å²) < 4.78 is 1.67. The maximum absolute atomic E-state index is 12.6. The lowest BCUT2D eigenvalue weighted by Crippen LogP contribution is -2.43. The van der Waals surface area contributed by atoms with Crippen LogP contribution in [0.3, 0.4) is 0 Å². The summed E-state index contributed by atoms with van der Waals surface area (Å²) in [5.41, 5.74) is 7.52. The first kappa shape index (κ1) is 15.7. The van der Waals surface area contributed by atoms with Crippen LogP contribution in [0.2, 0.25) is 5.02 Å². The summed E-state index contributed by atoms with van der Waals surface area (Å²) in [7, 11) is 1.80. The van der Waals surface area contributed by atoms with Crippen molar-refractivity contribution in [1.82, 2.24) is 9.78 Å². The number of nitrogens with zero attached hydrogens (tertiary/aromatic N) is 2. The number of aromatic nitrogens is 2. The molecule has 0 amide bonds. The van der Waals surface area contributed by atoms with E-state index in [0.29, 0.717) is 10.7 Å². The van der Waals surface area contributed by atoms with E-state index in [2.05, 4.69) is 5.10 Å². The van der Waals surface area contributed by atoms with Crippen molar-refractivity contribution in [2.24, 2.45) is 12.8 Å². The number of hydrogen-bond donors (Lipinski definition) is 1. The van der Waals surface area contributed by atoms with Gasteiger partial charge in [-0.2, -0.15) is 5.10 Å². The fourth-order valence-corrected chi connectivity index (χ4v) is 2.65. The molecule has 112 valence electrons. The van der Waals surface area contributed by atoms with Crippen LogP contribution in [0.15, 0.2) is 30.3 Å². The molecule has 0 fully saturated rings. The molecule has 0 bridgehead atoms. The molecule has 2 N–H and O–H groups in total. The highest BCUT2D eigenvalue weighted by molar-refractivity contribution is 6.32. The molecular formula is C16H20ClN3O. The minimum atomic E-state index is -1.04. The van der Waals surface area contributed by atoms with Gasteiger partial charge >= 0.3 is 0 Å². The SMILES string of the molecule is CCc1nn(C)c(CC(=O)C(C)(N)c2ccccc2)c1Cl. The summed E-state index contributed by atoms with van der Waals surface area (Å²) in [6.45, 7) is 3.71. The highest BCUT2D eigenvalue weighted by atomic mass is 35.5. The minimum absolute atomic E-state index is 0.0822. The van der Waals surface area contributed by atoms with Crippen LogP contribution in [0, 0.1) is 0 Å². The fourth-order valence-electron chi connectivity index (χ4n) is 2.29. The zero-order valence-electron chi connectivity index (χ0n) is 12.6. The van der Waals surface area contributed by atoms with Crippen LogP contribution in [0.25, 0.3) is 0 Å². The fraction of sp³-hybridized carbons (Fsp3) is 0.375. The number of ketones is 1. The third-order valence-electron chi connectivity index (χ3n) is 3.78. The molecular weight excluding hydrogens is 286 g/mol. The number of hydrogen-bond acceptors (Lipinski definition) is 3. The van der Waals surface area contributed by atoms with E-state index in [4.69, 9.17) is 17.3 Å². The Morgan fingerprint density at radius 3 is 2.52 bits per heavy atom. The van der Waals surface area contributed by atoms with Crippen molar-refractivity contribution >= 4 is 17.4 Å². The summed E-state index contributed by atoms with van der Waals surface area (Å²) in [6, 6.07) is 9.37. The predicted octanol–water partition coefficient (Wildman–Crippen LogP) is 2.62. The smallest absolute Gasteiger partial charge is 0.162 e. The number of aryl methyl sites for hydroxylation is 2. The lowest BCUT2D eigenvalue weighted by molar-refractivity contribution is -0.123. The topological polar surface area (TPSA) is 60.9 Å². The van der Waals surface area contributed by atoms with Gasteiger partial charge in [0, 0.05) is 7.05 Å². The zero-order valence-corrected chi connectivity index (χ0v) is 13.3. The van der Waals surface area contributed by atoms with Crippen LogP contribution in [-0.2, 0) is 30.2 Å². The van der Waals surface area contributed by atoms with E-state index in [0.717, 1.165) is 17.7 Å². The minimum Gasteiger partial charge on any atom is -0.315 e. The van der Waals surface area contributed by atoms with Gasteiger partial charge in [-0.3, -0.25) is 9.48 Å². The van der Waals surface area contributed by atoms with Crippen molar-refractivity contribution in [2.75, 3.05) is 0 Å². The van der Waals surface area contributed by atoms with E-state index in [1.165, 1.54) is 0 Å². The van der Waals surface area contributed by atoms with Gasteiger partial charge in [-0.15, -0.1) is 0 Å². The Balaban J connectivity index is 2.28. The summed E-state index contributed by atoms with van der Waals surface area (Å²) in [5, 5.41) is 4.90. The molecule has 2 aromatic rings. The Morgan fingerprint density at radius 2 is 2.00 bits per heavy atom. The van der Waals surface area contributed by atoms with Crippen molar-refractivity contribution in [3.05, 3.63) is 52.3 Å². The second-order valence-electron chi connectivity index (χ2n) is 5.35. The maximum atomic E-state index is 12.6. The first-order chi connectivity index (χ1) is 9.87. The molecule has 1 aromatic carbocycles. The number of nitrogens with two attached hydrogens (primary N) is 1.